The SMILES string of the molecule is CCCCC(N)C(=O)N1CCCC1C.Cc1ncsc1-c1ccc(CNC=O)cc1. The van der Waals surface area contributed by atoms with Gasteiger partial charge in [-0.25, -0.2) is 4.98 Å². The number of nitrogens with zero attached hydrogens (tertiary/aromatic N) is 2. The third-order valence-corrected chi connectivity index (χ3v) is 6.35. The zero-order valence-corrected chi connectivity index (χ0v) is 19.1. The number of likely N-dealkylation sites (tertiary alicyclic amines) is 1. The predicted octanol–water partition coefficient (Wildman–Crippen LogP) is 3.88. The molecular formula is C23H34N4O2S. The Morgan fingerprint density at radius 1 is 1.40 bits per heavy atom. The van der Waals surface area contributed by atoms with Crippen LogP contribution < -0.4 is 11.1 Å². The first-order valence-corrected chi connectivity index (χ1v) is 11.6. The van der Waals surface area contributed by atoms with Gasteiger partial charge in [0.2, 0.25) is 12.3 Å². The maximum absolute atomic E-state index is 11.9. The summed E-state index contributed by atoms with van der Waals surface area (Å²) < 4.78 is 0. The predicted molar refractivity (Wildman–Crippen MR) is 123 cm³/mol. The van der Waals surface area contributed by atoms with Crippen LogP contribution in [0.25, 0.3) is 10.4 Å². The van der Waals surface area contributed by atoms with E-state index in [-0.39, 0.29) is 11.9 Å². The Labute approximate surface area is 183 Å². The molecule has 2 heterocycles. The number of thiazole rings is 1. The van der Waals surface area contributed by atoms with Crippen LogP contribution in [0.1, 0.15) is 57.2 Å². The molecule has 2 atom stereocenters. The lowest BCUT2D eigenvalue weighted by Gasteiger charge is -2.24. The van der Waals surface area contributed by atoms with E-state index in [1.807, 2.05) is 29.5 Å². The van der Waals surface area contributed by atoms with Crippen LogP contribution in [0.3, 0.4) is 0 Å². The summed E-state index contributed by atoms with van der Waals surface area (Å²) in [5, 5.41) is 2.64. The molecule has 1 aromatic heterocycles. The van der Waals surface area contributed by atoms with Crippen molar-refractivity contribution < 1.29 is 9.59 Å². The minimum absolute atomic E-state index is 0.156. The Bertz CT molecular complexity index is 791. The molecule has 1 aliphatic heterocycles. The van der Waals surface area contributed by atoms with E-state index in [1.54, 1.807) is 11.3 Å². The molecule has 30 heavy (non-hydrogen) atoms. The molecule has 2 aromatic rings. The largest absolute Gasteiger partial charge is 0.355 e. The van der Waals surface area contributed by atoms with Crippen LogP contribution in [0, 0.1) is 6.92 Å². The van der Waals surface area contributed by atoms with Gasteiger partial charge in [0.05, 0.1) is 22.1 Å². The summed E-state index contributed by atoms with van der Waals surface area (Å²) in [7, 11) is 0. The van der Waals surface area contributed by atoms with Crippen molar-refractivity contribution in [2.24, 2.45) is 5.73 Å². The number of carbonyl (C=O) groups excluding carboxylic acids is 2. The summed E-state index contributed by atoms with van der Waals surface area (Å²) in [6.07, 6.45) is 5.96. The van der Waals surface area contributed by atoms with E-state index in [2.05, 4.69) is 36.3 Å². The van der Waals surface area contributed by atoms with Crippen molar-refractivity contribution in [2.45, 2.75) is 71.5 Å². The Balaban J connectivity index is 0.000000216. The molecule has 1 fully saturated rings. The summed E-state index contributed by atoms with van der Waals surface area (Å²) in [6.45, 7) is 7.71. The number of unbranched alkanes of at least 4 members (excludes halogenated alkanes) is 1. The fourth-order valence-electron chi connectivity index (χ4n) is 3.53. The van der Waals surface area contributed by atoms with Crippen LogP contribution in [0.5, 0.6) is 0 Å². The molecule has 0 spiro atoms. The number of hydrogen-bond acceptors (Lipinski definition) is 5. The molecule has 3 N–H and O–H groups in total. The average molecular weight is 431 g/mol. The van der Waals surface area contributed by atoms with E-state index in [1.165, 1.54) is 10.4 Å². The van der Waals surface area contributed by atoms with Gasteiger partial charge in [-0.2, -0.15) is 0 Å². The average Bonchev–Trinajstić information content (AvgIpc) is 3.38. The minimum atomic E-state index is -0.268. The second-order valence-corrected chi connectivity index (χ2v) is 8.59. The smallest absolute Gasteiger partial charge is 0.239 e. The Kier molecular flexibility index (Phi) is 9.97. The lowest BCUT2D eigenvalue weighted by molar-refractivity contribution is -0.133. The molecular weight excluding hydrogens is 396 g/mol. The third kappa shape index (κ3) is 6.92. The highest BCUT2D eigenvalue weighted by molar-refractivity contribution is 7.13. The molecule has 0 saturated carbocycles. The number of nitrogens with one attached hydrogen (secondary N) is 1. The number of carbonyl (C=O) groups is 2. The number of aromatic nitrogens is 1. The van der Waals surface area contributed by atoms with Gasteiger partial charge in [-0.1, -0.05) is 44.0 Å². The zero-order chi connectivity index (χ0) is 21.9. The van der Waals surface area contributed by atoms with E-state index in [0.717, 1.165) is 49.9 Å². The van der Waals surface area contributed by atoms with Gasteiger partial charge in [-0.15, -0.1) is 11.3 Å². The summed E-state index contributed by atoms with van der Waals surface area (Å²) in [6, 6.07) is 8.28. The monoisotopic (exact) mass is 430 g/mol. The first-order chi connectivity index (χ1) is 14.5. The van der Waals surface area contributed by atoms with E-state index >= 15 is 0 Å². The number of rotatable bonds is 8. The Morgan fingerprint density at radius 3 is 2.67 bits per heavy atom. The maximum atomic E-state index is 11.9. The highest BCUT2D eigenvalue weighted by Crippen LogP contribution is 2.27. The molecule has 1 saturated heterocycles. The number of hydrogen-bond donors (Lipinski definition) is 2. The number of nitrogens with two attached hydrogens (primary N) is 1. The first-order valence-electron chi connectivity index (χ1n) is 10.7. The van der Waals surface area contributed by atoms with Gasteiger partial charge >= 0.3 is 0 Å². The highest BCUT2D eigenvalue weighted by atomic mass is 32.1. The van der Waals surface area contributed by atoms with Gasteiger partial charge in [0.15, 0.2) is 0 Å². The molecule has 0 radical (unpaired) electrons. The van der Waals surface area contributed by atoms with Gasteiger partial charge in [-0.3, -0.25) is 9.59 Å². The van der Waals surface area contributed by atoms with Gasteiger partial charge in [0.25, 0.3) is 0 Å². The van der Waals surface area contributed by atoms with Gasteiger partial charge in [0.1, 0.15) is 0 Å². The molecule has 3 rings (SSSR count). The highest BCUT2D eigenvalue weighted by Gasteiger charge is 2.28. The number of benzene rings is 1. The summed E-state index contributed by atoms with van der Waals surface area (Å²) >= 11 is 1.64. The first kappa shape index (κ1) is 24.0. The maximum Gasteiger partial charge on any atom is 0.239 e. The molecule has 0 aliphatic carbocycles. The molecule has 6 nitrogen and oxygen atoms in total. The quantitative estimate of drug-likeness (QED) is 0.622. The van der Waals surface area contributed by atoms with E-state index in [4.69, 9.17) is 5.73 Å². The van der Waals surface area contributed by atoms with E-state index < -0.39 is 0 Å². The normalized spacial score (nSPS) is 16.5. The summed E-state index contributed by atoms with van der Waals surface area (Å²) in [4.78, 5) is 29.4. The second kappa shape index (κ2) is 12.4. The van der Waals surface area contributed by atoms with Crippen LogP contribution in [0.2, 0.25) is 0 Å². The van der Waals surface area contributed by atoms with Crippen LogP contribution in [-0.2, 0) is 16.1 Å². The molecule has 2 amide bonds. The van der Waals surface area contributed by atoms with Crippen LogP contribution in [0.4, 0.5) is 0 Å². The van der Waals surface area contributed by atoms with Crippen molar-refractivity contribution in [3.63, 3.8) is 0 Å². The third-order valence-electron chi connectivity index (χ3n) is 5.37. The summed E-state index contributed by atoms with van der Waals surface area (Å²) in [5.41, 5.74) is 11.0. The summed E-state index contributed by atoms with van der Waals surface area (Å²) in [5.74, 6) is 0.156. The molecule has 0 bridgehead atoms. The van der Waals surface area contributed by atoms with Gasteiger partial charge in [-0.05, 0) is 44.2 Å². The van der Waals surface area contributed by atoms with Crippen molar-refractivity contribution >= 4 is 23.7 Å². The van der Waals surface area contributed by atoms with Crippen LogP contribution >= 0.6 is 11.3 Å². The molecule has 7 heteroatoms. The molecule has 2 unspecified atom stereocenters. The Morgan fingerprint density at radius 2 is 2.13 bits per heavy atom. The van der Waals surface area contributed by atoms with Gasteiger partial charge in [0, 0.05) is 19.1 Å². The van der Waals surface area contributed by atoms with Crippen LogP contribution in [-0.4, -0.2) is 40.8 Å². The fraction of sp³-hybridized carbons (Fsp3) is 0.522. The topological polar surface area (TPSA) is 88.3 Å². The molecule has 164 valence electrons. The van der Waals surface area contributed by atoms with Crippen molar-refractivity contribution in [3.8, 4) is 10.4 Å². The van der Waals surface area contributed by atoms with E-state index in [0.29, 0.717) is 19.0 Å². The van der Waals surface area contributed by atoms with Crippen molar-refractivity contribution in [3.05, 3.63) is 41.0 Å². The number of aryl methyl sites for hydroxylation is 1. The van der Waals surface area contributed by atoms with Gasteiger partial charge < -0.3 is 16.0 Å². The van der Waals surface area contributed by atoms with Crippen molar-refractivity contribution in [1.82, 2.24) is 15.2 Å². The fourth-order valence-corrected chi connectivity index (χ4v) is 4.35. The van der Waals surface area contributed by atoms with E-state index in [9.17, 15) is 9.59 Å². The Hall–Kier alpha value is -2.25. The van der Waals surface area contributed by atoms with Crippen molar-refractivity contribution in [1.29, 1.82) is 0 Å². The molecule has 1 aliphatic rings. The molecule has 1 aromatic carbocycles. The number of amides is 2. The van der Waals surface area contributed by atoms with Crippen molar-refractivity contribution in [2.75, 3.05) is 6.54 Å². The lowest BCUT2D eigenvalue weighted by atomic mass is 10.1. The zero-order valence-electron chi connectivity index (χ0n) is 18.3. The second-order valence-electron chi connectivity index (χ2n) is 7.73. The van der Waals surface area contributed by atoms with Crippen LogP contribution in [0.15, 0.2) is 29.8 Å². The minimum Gasteiger partial charge on any atom is -0.355 e. The standard InChI is InChI=1S/C12H12N2OS.C11H22N2O/c1-9-12(16-8-14-9)11-4-2-10(3-5-11)6-13-7-15;1-3-4-7-10(12)11(14)13-8-5-6-9(13)2/h2-5,7-8H,6H2,1H3,(H,13,15);9-10H,3-8,12H2,1-2H3. The lowest BCUT2D eigenvalue weighted by Crippen LogP contribution is -2.45.